The summed E-state index contributed by atoms with van der Waals surface area (Å²) in [5.41, 5.74) is 4.16. The average Bonchev–Trinajstić information content (AvgIpc) is 2.66. The molecular weight excluding hydrogens is 302 g/mol. The molecule has 1 saturated heterocycles. The standard InChI is InChI=1S/C15H20BrN3/c1-11-13(10-19-8-6-17-7-9-19)12-4-3-5-14(16)15(12)18(11)2/h3-5,17H,6-10H2,1-2H3. The van der Waals surface area contributed by atoms with Gasteiger partial charge < -0.3 is 9.88 Å². The lowest BCUT2D eigenvalue weighted by Crippen LogP contribution is -2.42. The molecule has 4 heteroatoms. The van der Waals surface area contributed by atoms with Crippen molar-refractivity contribution in [3.63, 3.8) is 0 Å². The Kier molecular flexibility index (Phi) is 3.65. The number of rotatable bonds is 2. The van der Waals surface area contributed by atoms with Crippen molar-refractivity contribution in [1.29, 1.82) is 0 Å². The summed E-state index contributed by atoms with van der Waals surface area (Å²) in [6.45, 7) is 7.78. The number of aryl methyl sites for hydroxylation is 1. The van der Waals surface area contributed by atoms with Crippen LogP contribution in [0.4, 0.5) is 0 Å². The Balaban J connectivity index is 2.03. The van der Waals surface area contributed by atoms with Gasteiger partial charge in [0.25, 0.3) is 0 Å². The summed E-state index contributed by atoms with van der Waals surface area (Å²) in [7, 11) is 2.16. The van der Waals surface area contributed by atoms with E-state index in [1.165, 1.54) is 26.6 Å². The molecule has 0 unspecified atom stereocenters. The van der Waals surface area contributed by atoms with Crippen LogP contribution in [0.15, 0.2) is 22.7 Å². The lowest BCUT2D eigenvalue weighted by molar-refractivity contribution is 0.233. The molecule has 1 N–H and O–H groups in total. The van der Waals surface area contributed by atoms with Crippen molar-refractivity contribution < 1.29 is 0 Å². The first-order valence-electron chi connectivity index (χ1n) is 6.84. The van der Waals surface area contributed by atoms with Crippen molar-refractivity contribution >= 4 is 26.8 Å². The largest absolute Gasteiger partial charge is 0.347 e. The molecule has 0 spiro atoms. The number of hydrogen-bond donors (Lipinski definition) is 1. The molecule has 1 aliphatic rings. The Morgan fingerprint density at radius 1 is 1.26 bits per heavy atom. The third-order valence-electron chi connectivity index (χ3n) is 4.18. The molecule has 1 aromatic heterocycles. The van der Waals surface area contributed by atoms with E-state index in [1.807, 2.05) is 0 Å². The van der Waals surface area contributed by atoms with Crippen LogP contribution in [0, 0.1) is 6.92 Å². The van der Waals surface area contributed by atoms with Crippen molar-refractivity contribution in [3.8, 4) is 0 Å². The summed E-state index contributed by atoms with van der Waals surface area (Å²) in [6.07, 6.45) is 0. The number of halogens is 1. The summed E-state index contributed by atoms with van der Waals surface area (Å²) in [5.74, 6) is 0. The van der Waals surface area contributed by atoms with Crippen molar-refractivity contribution in [2.75, 3.05) is 26.2 Å². The van der Waals surface area contributed by atoms with Gasteiger partial charge in [0.15, 0.2) is 0 Å². The van der Waals surface area contributed by atoms with Crippen LogP contribution >= 0.6 is 15.9 Å². The molecule has 2 aromatic rings. The fraction of sp³-hybridized carbons (Fsp3) is 0.467. The SMILES string of the molecule is Cc1c(CN2CCNCC2)c2cccc(Br)c2n1C. The first-order chi connectivity index (χ1) is 9.18. The molecular formula is C15H20BrN3. The second-order valence-electron chi connectivity index (χ2n) is 5.29. The molecule has 2 heterocycles. The van der Waals surface area contributed by atoms with E-state index in [4.69, 9.17) is 0 Å². The summed E-state index contributed by atoms with van der Waals surface area (Å²) in [6, 6.07) is 6.49. The van der Waals surface area contributed by atoms with Crippen molar-refractivity contribution in [2.45, 2.75) is 13.5 Å². The maximum atomic E-state index is 3.68. The zero-order chi connectivity index (χ0) is 13.4. The van der Waals surface area contributed by atoms with Crippen molar-refractivity contribution in [2.24, 2.45) is 7.05 Å². The van der Waals surface area contributed by atoms with Crippen LogP contribution in [-0.4, -0.2) is 35.6 Å². The Hall–Kier alpha value is -0.840. The van der Waals surface area contributed by atoms with Gasteiger partial charge in [-0.25, -0.2) is 0 Å². The van der Waals surface area contributed by atoms with Gasteiger partial charge in [0.1, 0.15) is 0 Å². The maximum absolute atomic E-state index is 3.68. The zero-order valence-corrected chi connectivity index (χ0v) is 13.1. The van der Waals surface area contributed by atoms with Gasteiger partial charge in [-0.3, -0.25) is 4.90 Å². The van der Waals surface area contributed by atoms with Crippen LogP contribution in [0.5, 0.6) is 0 Å². The topological polar surface area (TPSA) is 20.2 Å². The normalized spacial score (nSPS) is 17.2. The first kappa shape index (κ1) is 13.2. The number of nitrogens with zero attached hydrogens (tertiary/aromatic N) is 2. The van der Waals surface area contributed by atoms with E-state index in [2.05, 4.69) is 62.9 Å². The first-order valence-corrected chi connectivity index (χ1v) is 7.63. The van der Waals surface area contributed by atoms with Crippen LogP contribution < -0.4 is 5.32 Å². The van der Waals surface area contributed by atoms with E-state index in [9.17, 15) is 0 Å². The Morgan fingerprint density at radius 2 is 2.00 bits per heavy atom. The number of benzene rings is 1. The minimum atomic E-state index is 1.06. The molecule has 1 aliphatic heterocycles. The maximum Gasteiger partial charge on any atom is 0.0627 e. The Morgan fingerprint density at radius 3 is 2.74 bits per heavy atom. The fourth-order valence-corrected chi connectivity index (χ4v) is 3.59. The van der Waals surface area contributed by atoms with E-state index < -0.39 is 0 Å². The van der Waals surface area contributed by atoms with E-state index in [1.54, 1.807) is 0 Å². The highest BCUT2D eigenvalue weighted by atomic mass is 79.9. The Labute approximate surface area is 122 Å². The van der Waals surface area contributed by atoms with Gasteiger partial charge >= 0.3 is 0 Å². The lowest BCUT2D eigenvalue weighted by atomic mass is 10.1. The number of piperazine rings is 1. The Bertz CT molecular complexity index is 597. The van der Waals surface area contributed by atoms with Gasteiger partial charge in [-0.2, -0.15) is 0 Å². The van der Waals surface area contributed by atoms with E-state index >= 15 is 0 Å². The molecule has 1 fully saturated rings. The zero-order valence-electron chi connectivity index (χ0n) is 11.5. The van der Waals surface area contributed by atoms with Crippen molar-refractivity contribution in [3.05, 3.63) is 33.9 Å². The fourth-order valence-electron chi connectivity index (χ4n) is 2.96. The molecule has 0 radical (unpaired) electrons. The number of hydrogen-bond acceptors (Lipinski definition) is 2. The third-order valence-corrected chi connectivity index (χ3v) is 4.82. The highest BCUT2D eigenvalue weighted by Crippen LogP contribution is 2.31. The molecule has 0 saturated carbocycles. The molecule has 0 aliphatic carbocycles. The van der Waals surface area contributed by atoms with Crippen molar-refractivity contribution in [1.82, 2.24) is 14.8 Å². The summed E-state index contributed by atoms with van der Waals surface area (Å²) in [5, 5.41) is 4.79. The summed E-state index contributed by atoms with van der Waals surface area (Å²) < 4.78 is 3.49. The molecule has 0 amide bonds. The molecule has 3 rings (SSSR count). The second kappa shape index (κ2) is 5.27. The smallest absolute Gasteiger partial charge is 0.0627 e. The third kappa shape index (κ3) is 2.33. The summed E-state index contributed by atoms with van der Waals surface area (Å²) in [4.78, 5) is 2.54. The number of nitrogens with one attached hydrogen (secondary N) is 1. The molecule has 102 valence electrons. The highest BCUT2D eigenvalue weighted by molar-refractivity contribution is 9.10. The predicted octanol–water partition coefficient (Wildman–Crippen LogP) is 2.65. The van der Waals surface area contributed by atoms with Crippen LogP contribution in [0.1, 0.15) is 11.3 Å². The van der Waals surface area contributed by atoms with E-state index in [-0.39, 0.29) is 0 Å². The lowest BCUT2D eigenvalue weighted by Gasteiger charge is -2.27. The molecule has 0 atom stereocenters. The minimum absolute atomic E-state index is 1.06. The quantitative estimate of drug-likeness (QED) is 0.917. The predicted molar refractivity (Wildman–Crippen MR) is 83.5 cm³/mol. The second-order valence-corrected chi connectivity index (χ2v) is 6.14. The minimum Gasteiger partial charge on any atom is -0.347 e. The van der Waals surface area contributed by atoms with Gasteiger partial charge in [0, 0.05) is 55.3 Å². The van der Waals surface area contributed by atoms with E-state index in [0.717, 1.165) is 32.7 Å². The number of fused-ring (bicyclic) bond motifs is 1. The van der Waals surface area contributed by atoms with E-state index in [0.29, 0.717) is 0 Å². The molecule has 3 nitrogen and oxygen atoms in total. The highest BCUT2D eigenvalue weighted by Gasteiger charge is 2.17. The number of para-hydroxylation sites is 1. The van der Waals surface area contributed by atoms with Gasteiger partial charge in [0.2, 0.25) is 0 Å². The van der Waals surface area contributed by atoms with Gasteiger partial charge in [-0.15, -0.1) is 0 Å². The molecule has 1 aromatic carbocycles. The summed E-state index contributed by atoms with van der Waals surface area (Å²) >= 11 is 3.68. The van der Waals surface area contributed by atoms with Crippen LogP contribution in [0.3, 0.4) is 0 Å². The van der Waals surface area contributed by atoms with Crippen LogP contribution in [-0.2, 0) is 13.6 Å². The molecule has 0 bridgehead atoms. The van der Waals surface area contributed by atoms with Crippen LogP contribution in [0.25, 0.3) is 10.9 Å². The average molecular weight is 322 g/mol. The van der Waals surface area contributed by atoms with Crippen LogP contribution in [0.2, 0.25) is 0 Å². The monoisotopic (exact) mass is 321 g/mol. The number of aromatic nitrogens is 1. The van der Waals surface area contributed by atoms with Gasteiger partial charge in [0.05, 0.1) is 5.52 Å². The van der Waals surface area contributed by atoms with Gasteiger partial charge in [-0.1, -0.05) is 12.1 Å². The molecule has 19 heavy (non-hydrogen) atoms. The van der Waals surface area contributed by atoms with Gasteiger partial charge in [-0.05, 0) is 34.5 Å².